The van der Waals surface area contributed by atoms with Gasteiger partial charge in [0.05, 0.1) is 11.4 Å². The van der Waals surface area contributed by atoms with E-state index in [1.165, 1.54) is 11.1 Å². The standard InChI is InChI=1S/C18H24N2S4/c1-10(11-6-13(21-2)17(19)14(7-11)22-3)12-8-15(23-4)18(20)16(9-12)24-5/h6-10H,19-20H2,1-5H3. The van der Waals surface area contributed by atoms with Gasteiger partial charge in [0.2, 0.25) is 0 Å². The molecule has 0 aromatic heterocycles. The van der Waals surface area contributed by atoms with Gasteiger partial charge in [-0.05, 0) is 60.4 Å². The van der Waals surface area contributed by atoms with Crippen molar-refractivity contribution in [3.8, 4) is 0 Å². The van der Waals surface area contributed by atoms with Crippen LogP contribution in [0.25, 0.3) is 0 Å². The summed E-state index contributed by atoms with van der Waals surface area (Å²) in [6.07, 6.45) is 8.30. The zero-order chi connectivity index (χ0) is 17.9. The molecule has 0 aliphatic heterocycles. The smallest absolute Gasteiger partial charge is 0.0590 e. The van der Waals surface area contributed by atoms with Crippen molar-refractivity contribution >= 4 is 58.4 Å². The fourth-order valence-electron chi connectivity index (χ4n) is 2.61. The first-order chi connectivity index (χ1) is 11.5. The van der Waals surface area contributed by atoms with Gasteiger partial charge in [0, 0.05) is 25.5 Å². The minimum atomic E-state index is 0.291. The van der Waals surface area contributed by atoms with Crippen LogP contribution in [0.3, 0.4) is 0 Å². The summed E-state index contributed by atoms with van der Waals surface area (Å²) in [5.74, 6) is 0.291. The van der Waals surface area contributed by atoms with Gasteiger partial charge in [0.15, 0.2) is 0 Å². The maximum absolute atomic E-state index is 6.26. The lowest BCUT2D eigenvalue weighted by molar-refractivity contribution is 0.900. The Labute approximate surface area is 162 Å². The molecule has 6 heteroatoms. The first kappa shape index (κ1) is 19.8. The maximum Gasteiger partial charge on any atom is 0.0590 e. The van der Waals surface area contributed by atoms with Crippen molar-refractivity contribution in [2.24, 2.45) is 0 Å². The average Bonchev–Trinajstić information content (AvgIpc) is 2.61. The quantitative estimate of drug-likeness (QED) is 0.469. The minimum absolute atomic E-state index is 0.291. The molecule has 4 N–H and O–H groups in total. The molecule has 0 unspecified atom stereocenters. The van der Waals surface area contributed by atoms with E-state index in [0.717, 1.165) is 31.0 Å². The van der Waals surface area contributed by atoms with Crippen LogP contribution in [0, 0.1) is 0 Å². The van der Waals surface area contributed by atoms with Gasteiger partial charge in [0.1, 0.15) is 0 Å². The second kappa shape index (κ2) is 8.70. The molecule has 0 bridgehead atoms. The molecule has 24 heavy (non-hydrogen) atoms. The van der Waals surface area contributed by atoms with Crippen molar-refractivity contribution in [3.05, 3.63) is 35.4 Å². The number of nitrogens with two attached hydrogens (primary N) is 2. The number of thioether (sulfide) groups is 4. The third-order valence-corrected chi connectivity index (χ3v) is 7.24. The monoisotopic (exact) mass is 396 g/mol. The van der Waals surface area contributed by atoms with Crippen molar-refractivity contribution in [2.75, 3.05) is 36.5 Å². The van der Waals surface area contributed by atoms with E-state index in [4.69, 9.17) is 11.5 Å². The molecule has 0 atom stereocenters. The molecule has 2 nitrogen and oxygen atoms in total. The first-order valence-corrected chi connectivity index (χ1v) is 12.4. The molecule has 0 saturated carbocycles. The van der Waals surface area contributed by atoms with Crippen molar-refractivity contribution < 1.29 is 0 Å². The van der Waals surface area contributed by atoms with Crippen LogP contribution in [0.1, 0.15) is 24.0 Å². The lowest BCUT2D eigenvalue weighted by atomic mass is 9.93. The number of hydrogen-bond acceptors (Lipinski definition) is 6. The van der Waals surface area contributed by atoms with E-state index in [2.05, 4.69) is 56.2 Å². The van der Waals surface area contributed by atoms with Crippen LogP contribution in [0.15, 0.2) is 43.8 Å². The van der Waals surface area contributed by atoms with Crippen LogP contribution in [-0.4, -0.2) is 25.0 Å². The molecule has 0 saturated heterocycles. The second-order valence-corrected chi connectivity index (χ2v) is 8.79. The molecule has 2 aromatic rings. The summed E-state index contributed by atoms with van der Waals surface area (Å²) in [5.41, 5.74) is 16.9. The van der Waals surface area contributed by atoms with Crippen LogP contribution in [0.2, 0.25) is 0 Å². The third kappa shape index (κ3) is 3.98. The van der Waals surface area contributed by atoms with E-state index in [0.29, 0.717) is 5.92 Å². The van der Waals surface area contributed by atoms with E-state index in [-0.39, 0.29) is 0 Å². The Morgan fingerprint density at radius 2 is 0.875 bits per heavy atom. The third-order valence-electron chi connectivity index (χ3n) is 4.13. The van der Waals surface area contributed by atoms with Crippen molar-refractivity contribution in [3.63, 3.8) is 0 Å². The Bertz CT molecular complexity index is 619. The van der Waals surface area contributed by atoms with E-state index in [9.17, 15) is 0 Å². The van der Waals surface area contributed by atoms with E-state index in [1.54, 1.807) is 47.0 Å². The highest BCUT2D eigenvalue weighted by atomic mass is 32.2. The predicted octanol–water partition coefficient (Wildman–Crippen LogP) is 5.89. The summed E-state index contributed by atoms with van der Waals surface area (Å²) in [4.78, 5) is 4.59. The highest BCUT2D eigenvalue weighted by molar-refractivity contribution is 8.00. The van der Waals surface area contributed by atoms with Crippen LogP contribution < -0.4 is 11.5 Å². The van der Waals surface area contributed by atoms with Gasteiger partial charge in [-0.25, -0.2) is 0 Å². The highest BCUT2D eigenvalue weighted by Crippen LogP contribution is 2.40. The lowest BCUT2D eigenvalue weighted by Gasteiger charge is -2.19. The van der Waals surface area contributed by atoms with E-state index < -0.39 is 0 Å². The lowest BCUT2D eigenvalue weighted by Crippen LogP contribution is -2.02. The first-order valence-electron chi connectivity index (χ1n) is 7.49. The van der Waals surface area contributed by atoms with Crippen molar-refractivity contribution in [1.29, 1.82) is 0 Å². The molecular formula is C18H24N2S4. The van der Waals surface area contributed by atoms with Crippen LogP contribution in [-0.2, 0) is 0 Å². The molecule has 0 aliphatic carbocycles. The van der Waals surface area contributed by atoms with E-state index >= 15 is 0 Å². The summed E-state index contributed by atoms with van der Waals surface area (Å²) in [7, 11) is 0. The Morgan fingerprint density at radius 3 is 1.08 bits per heavy atom. The van der Waals surface area contributed by atoms with Gasteiger partial charge < -0.3 is 11.5 Å². The molecular weight excluding hydrogens is 372 g/mol. The number of rotatable bonds is 6. The second-order valence-electron chi connectivity index (χ2n) is 5.40. The van der Waals surface area contributed by atoms with E-state index in [1.807, 2.05) is 0 Å². The van der Waals surface area contributed by atoms with Gasteiger partial charge in [0.25, 0.3) is 0 Å². The normalized spacial score (nSPS) is 11.2. The maximum atomic E-state index is 6.26. The summed E-state index contributed by atoms with van der Waals surface area (Å²) >= 11 is 6.81. The van der Waals surface area contributed by atoms with Crippen LogP contribution in [0.5, 0.6) is 0 Å². The molecule has 0 heterocycles. The molecule has 0 radical (unpaired) electrons. The molecule has 2 rings (SSSR count). The average molecular weight is 397 g/mol. The molecule has 0 aliphatic rings. The van der Waals surface area contributed by atoms with Crippen molar-refractivity contribution in [2.45, 2.75) is 32.4 Å². The zero-order valence-electron chi connectivity index (χ0n) is 14.7. The van der Waals surface area contributed by atoms with Crippen molar-refractivity contribution in [1.82, 2.24) is 0 Å². The minimum Gasteiger partial charge on any atom is -0.397 e. The Balaban J connectivity index is 2.54. The Kier molecular flexibility index (Phi) is 7.16. The topological polar surface area (TPSA) is 52.0 Å². The van der Waals surface area contributed by atoms with Gasteiger partial charge >= 0.3 is 0 Å². The summed E-state index contributed by atoms with van der Waals surface area (Å²) in [6.45, 7) is 2.25. The van der Waals surface area contributed by atoms with Gasteiger partial charge in [-0.1, -0.05) is 6.92 Å². The highest BCUT2D eigenvalue weighted by Gasteiger charge is 2.16. The fraction of sp³-hybridized carbons (Fsp3) is 0.333. The number of anilines is 2. The predicted molar refractivity (Wildman–Crippen MR) is 116 cm³/mol. The molecule has 0 spiro atoms. The van der Waals surface area contributed by atoms with Gasteiger partial charge in [-0.2, -0.15) is 0 Å². The Morgan fingerprint density at radius 1 is 0.625 bits per heavy atom. The largest absolute Gasteiger partial charge is 0.397 e. The fourth-order valence-corrected chi connectivity index (χ4v) is 5.08. The number of nitrogen functional groups attached to an aromatic ring is 2. The van der Waals surface area contributed by atoms with Gasteiger partial charge in [-0.3, -0.25) is 0 Å². The van der Waals surface area contributed by atoms with Gasteiger partial charge in [-0.15, -0.1) is 47.0 Å². The SMILES string of the molecule is CSc1cc(C(C)c2cc(SC)c(N)c(SC)c2)cc(SC)c1N. The number of hydrogen-bond donors (Lipinski definition) is 2. The number of benzene rings is 2. The molecule has 130 valence electrons. The van der Waals surface area contributed by atoms with Crippen LogP contribution >= 0.6 is 47.0 Å². The summed E-state index contributed by atoms with van der Waals surface area (Å²) in [6, 6.07) is 8.88. The molecule has 2 aromatic carbocycles. The molecule has 0 amide bonds. The summed E-state index contributed by atoms with van der Waals surface area (Å²) in [5, 5.41) is 0. The zero-order valence-corrected chi connectivity index (χ0v) is 17.9. The van der Waals surface area contributed by atoms with Crippen LogP contribution in [0.4, 0.5) is 11.4 Å². The summed E-state index contributed by atoms with van der Waals surface area (Å²) < 4.78 is 0. The molecule has 0 fully saturated rings. The Hall–Kier alpha value is -0.560.